The number of aliphatic hydroxyl groups excluding tert-OH is 1. The molecule has 0 spiro atoms. The van der Waals surface area contributed by atoms with Gasteiger partial charge in [0.05, 0.1) is 19.3 Å². The first-order valence-electron chi connectivity index (χ1n) is 7.79. The van der Waals surface area contributed by atoms with Crippen LogP contribution in [0.5, 0.6) is 0 Å². The van der Waals surface area contributed by atoms with Crippen molar-refractivity contribution in [1.29, 1.82) is 0 Å². The van der Waals surface area contributed by atoms with Crippen LogP contribution in [0, 0.1) is 0 Å². The van der Waals surface area contributed by atoms with Gasteiger partial charge in [-0.25, -0.2) is 0 Å². The smallest absolute Gasteiger partial charge is 0.0674 e. The van der Waals surface area contributed by atoms with Crippen LogP contribution in [0.4, 0.5) is 0 Å². The van der Waals surface area contributed by atoms with E-state index in [4.69, 9.17) is 4.74 Å². The largest absolute Gasteiger partial charge is 0.394 e. The first kappa shape index (κ1) is 15.2. The van der Waals surface area contributed by atoms with Gasteiger partial charge in [-0.3, -0.25) is 4.90 Å². The molecular formula is C15H30N2O2. The van der Waals surface area contributed by atoms with Crippen LogP contribution in [-0.4, -0.2) is 60.0 Å². The minimum Gasteiger partial charge on any atom is -0.394 e. The van der Waals surface area contributed by atoms with Crippen molar-refractivity contribution in [3.05, 3.63) is 0 Å². The van der Waals surface area contributed by atoms with Crippen molar-refractivity contribution < 1.29 is 9.84 Å². The lowest BCUT2D eigenvalue weighted by atomic mass is 9.78. The summed E-state index contributed by atoms with van der Waals surface area (Å²) in [4.78, 5) is 2.57. The van der Waals surface area contributed by atoms with Crippen molar-refractivity contribution in [3.8, 4) is 0 Å². The molecule has 0 amide bonds. The lowest BCUT2D eigenvalue weighted by Gasteiger charge is -2.47. The molecule has 0 radical (unpaired) electrons. The molecule has 4 heteroatoms. The van der Waals surface area contributed by atoms with E-state index >= 15 is 0 Å². The number of aliphatic hydroxyl groups is 1. The lowest BCUT2D eigenvalue weighted by molar-refractivity contribution is -0.0499. The molecule has 0 aromatic carbocycles. The summed E-state index contributed by atoms with van der Waals surface area (Å²) in [5.74, 6) is 0. The van der Waals surface area contributed by atoms with Gasteiger partial charge < -0.3 is 15.2 Å². The summed E-state index contributed by atoms with van der Waals surface area (Å²) in [5.41, 5.74) is -0.0708. The zero-order chi connectivity index (χ0) is 13.9. The zero-order valence-corrected chi connectivity index (χ0v) is 12.7. The molecule has 2 N–H and O–H groups in total. The number of hydrogen-bond donors (Lipinski definition) is 2. The predicted octanol–water partition coefficient (Wildman–Crippen LogP) is 1.38. The minimum absolute atomic E-state index is 0.0708. The van der Waals surface area contributed by atoms with Crippen LogP contribution < -0.4 is 5.32 Å². The molecule has 0 aromatic rings. The molecule has 0 bridgehead atoms. The second kappa shape index (κ2) is 6.53. The normalized spacial score (nSPS) is 37.7. The summed E-state index contributed by atoms with van der Waals surface area (Å²) in [7, 11) is 0. The Bertz CT molecular complexity index is 285. The summed E-state index contributed by atoms with van der Waals surface area (Å²) in [6.45, 7) is 9.66. The van der Waals surface area contributed by atoms with Crippen LogP contribution in [0.2, 0.25) is 0 Å². The van der Waals surface area contributed by atoms with Gasteiger partial charge >= 0.3 is 0 Å². The highest BCUT2D eigenvalue weighted by Crippen LogP contribution is 2.32. The molecule has 1 saturated carbocycles. The molecule has 0 aromatic heterocycles. The van der Waals surface area contributed by atoms with Gasteiger partial charge in [-0.2, -0.15) is 0 Å². The molecule has 112 valence electrons. The van der Waals surface area contributed by atoms with E-state index in [1.807, 2.05) is 0 Å². The summed E-state index contributed by atoms with van der Waals surface area (Å²) < 4.78 is 5.64. The van der Waals surface area contributed by atoms with Gasteiger partial charge in [-0.15, -0.1) is 0 Å². The van der Waals surface area contributed by atoms with Crippen molar-refractivity contribution in [3.63, 3.8) is 0 Å². The van der Waals surface area contributed by atoms with Gasteiger partial charge in [-0.05, 0) is 32.6 Å². The Balaban J connectivity index is 1.98. The van der Waals surface area contributed by atoms with Crippen LogP contribution in [0.1, 0.15) is 46.5 Å². The number of hydrogen-bond acceptors (Lipinski definition) is 4. The van der Waals surface area contributed by atoms with Crippen molar-refractivity contribution in [2.24, 2.45) is 0 Å². The van der Waals surface area contributed by atoms with Gasteiger partial charge in [0.25, 0.3) is 0 Å². The number of morpholine rings is 1. The minimum atomic E-state index is -0.0708. The molecule has 2 fully saturated rings. The van der Waals surface area contributed by atoms with E-state index in [0.29, 0.717) is 18.2 Å². The van der Waals surface area contributed by atoms with Gasteiger partial charge in [0, 0.05) is 30.7 Å². The molecule has 3 unspecified atom stereocenters. The van der Waals surface area contributed by atoms with Crippen molar-refractivity contribution in [1.82, 2.24) is 10.2 Å². The fraction of sp³-hybridized carbons (Fsp3) is 1.00. The Morgan fingerprint density at radius 1 is 1.47 bits per heavy atom. The third kappa shape index (κ3) is 3.91. The quantitative estimate of drug-likeness (QED) is 0.810. The molecule has 1 saturated heterocycles. The molecular weight excluding hydrogens is 240 g/mol. The lowest BCUT2D eigenvalue weighted by Crippen LogP contribution is -2.59. The first-order chi connectivity index (χ1) is 9.04. The molecule has 19 heavy (non-hydrogen) atoms. The fourth-order valence-electron chi connectivity index (χ4n) is 3.75. The Hall–Kier alpha value is -0.160. The predicted molar refractivity (Wildman–Crippen MR) is 77.3 cm³/mol. The van der Waals surface area contributed by atoms with Crippen molar-refractivity contribution in [2.45, 2.75) is 70.2 Å². The van der Waals surface area contributed by atoms with E-state index < -0.39 is 0 Å². The van der Waals surface area contributed by atoms with Crippen LogP contribution in [0.3, 0.4) is 0 Å². The molecule has 1 aliphatic carbocycles. The van der Waals surface area contributed by atoms with E-state index in [-0.39, 0.29) is 12.1 Å². The fourth-order valence-corrected chi connectivity index (χ4v) is 3.75. The van der Waals surface area contributed by atoms with Crippen LogP contribution >= 0.6 is 0 Å². The maximum atomic E-state index is 9.85. The van der Waals surface area contributed by atoms with E-state index in [1.165, 1.54) is 12.8 Å². The molecule has 3 atom stereocenters. The standard InChI is InChI=1S/C15H30N2O2/c1-12(2)16-15(11-18)6-4-5-14(9-15)17-7-8-19-13(3)10-17/h12-14,16,18H,4-11H2,1-3H3. The molecule has 1 aliphatic heterocycles. The summed E-state index contributed by atoms with van der Waals surface area (Å²) in [6, 6.07) is 1.02. The van der Waals surface area contributed by atoms with E-state index in [0.717, 1.165) is 32.5 Å². The topological polar surface area (TPSA) is 44.7 Å². The number of nitrogens with zero attached hydrogens (tertiary/aromatic N) is 1. The second-order valence-corrected chi connectivity index (χ2v) is 6.66. The van der Waals surface area contributed by atoms with Crippen LogP contribution in [0.15, 0.2) is 0 Å². The van der Waals surface area contributed by atoms with Crippen LogP contribution in [0.25, 0.3) is 0 Å². The zero-order valence-electron chi connectivity index (χ0n) is 12.7. The van der Waals surface area contributed by atoms with Gasteiger partial charge in [0.2, 0.25) is 0 Å². The highest BCUT2D eigenvalue weighted by molar-refractivity contribution is 4.97. The maximum absolute atomic E-state index is 9.85. The summed E-state index contributed by atoms with van der Waals surface area (Å²) in [6.07, 6.45) is 4.97. The van der Waals surface area contributed by atoms with Gasteiger partial charge in [0.15, 0.2) is 0 Å². The van der Waals surface area contributed by atoms with E-state index in [1.54, 1.807) is 0 Å². The number of rotatable bonds is 4. The SMILES string of the molecule is CC(C)NC1(CO)CCCC(N2CCOC(C)C2)C1. The number of nitrogens with one attached hydrogen (secondary N) is 1. The highest BCUT2D eigenvalue weighted by Gasteiger charge is 2.38. The third-order valence-corrected chi connectivity index (χ3v) is 4.51. The van der Waals surface area contributed by atoms with Crippen molar-refractivity contribution in [2.75, 3.05) is 26.3 Å². The third-order valence-electron chi connectivity index (χ3n) is 4.51. The number of ether oxygens (including phenoxy) is 1. The summed E-state index contributed by atoms with van der Waals surface area (Å²) in [5, 5.41) is 13.5. The Kier molecular flexibility index (Phi) is 5.23. The van der Waals surface area contributed by atoms with E-state index in [9.17, 15) is 5.11 Å². The van der Waals surface area contributed by atoms with Gasteiger partial charge in [-0.1, -0.05) is 13.8 Å². The maximum Gasteiger partial charge on any atom is 0.0674 e. The highest BCUT2D eigenvalue weighted by atomic mass is 16.5. The first-order valence-corrected chi connectivity index (χ1v) is 7.79. The Morgan fingerprint density at radius 3 is 2.89 bits per heavy atom. The van der Waals surface area contributed by atoms with Gasteiger partial charge in [0.1, 0.15) is 0 Å². The summed E-state index contributed by atoms with van der Waals surface area (Å²) >= 11 is 0. The monoisotopic (exact) mass is 270 g/mol. The van der Waals surface area contributed by atoms with Crippen LogP contribution in [-0.2, 0) is 4.74 Å². The Labute approximate surface area is 117 Å². The molecule has 4 nitrogen and oxygen atoms in total. The average molecular weight is 270 g/mol. The molecule has 1 heterocycles. The molecule has 2 rings (SSSR count). The molecule has 2 aliphatic rings. The second-order valence-electron chi connectivity index (χ2n) is 6.66. The Morgan fingerprint density at radius 2 is 2.26 bits per heavy atom. The average Bonchev–Trinajstić information content (AvgIpc) is 2.38. The van der Waals surface area contributed by atoms with E-state index in [2.05, 4.69) is 31.0 Å². The van der Waals surface area contributed by atoms with Crippen molar-refractivity contribution >= 4 is 0 Å².